The number of benzene rings is 1. The second-order valence-corrected chi connectivity index (χ2v) is 6.22. The SMILES string of the molecule is Cc1ccccc1NC(=O)Cc1nc(C)c(CCC(=O)O)s1. The Kier molecular flexibility index (Phi) is 5.27. The van der Waals surface area contributed by atoms with Crippen LogP contribution in [0.3, 0.4) is 0 Å². The fourth-order valence-corrected chi connectivity index (χ4v) is 3.13. The summed E-state index contributed by atoms with van der Waals surface area (Å²) in [5, 5.41) is 12.3. The topological polar surface area (TPSA) is 79.3 Å². The molecule has 0 aliphatic heterocycles. The average Bonchev–Trinajstić information content (AvgIpc) is 2.79. The number of carbonyl (C=O) groups excluding carboxylic acids is 1. The van der Waals surface area contributed by atoms with Crippen molar-refractivity contribution in [3.05, 3.63) is 45.4 Å². The van der Waals surface area contributed by atoms with Crippen LogP contribution in [0, 0.1) is 13.8 Å². The minimum absolute atomic E-state index is 0.0812. The molecule has 2 aromatic rings. The van der Waals surface area contributed by atoms with Crippen LogP contribution in [0.1, 0.15) is 27.6 Å². The summed E-state index contributed by atoms with van der Waals surface area (Å²) in [6, 6.07) is 7.59. The number of aromatic nitrogens is 1. The molecule has 0 spiro atoms. The smallest absolute Gasteiger partial charge is 0.303 e. The Morgan fingerprint density at radius 1 is 1.27 bits per heavy atom. The fourth-order valence-electron chi connectivity index (χ4n) is 2.06. The largest absolute Gasteiger partial charge is 0.481 e. The van der Waals surface area contributed by atoms with E-state index in [1.54, 1.807) is 0 Å². The van der Waals surface area contributed by atoms with E-state index in [-0.39, 0.29) is 18.7 Å². The molecule has 0 saturated carbocycles. The Labute approximate surface area is 133 Å². The van der Waals surface area contributed by atoms with E-state index in [4.69, 9.17) is 5.11 Å². The highest BCUT2D eigenvalue weighted by Gasteiger charge is 2.13. The summed E-state index contributed by atoms with van der Waals surface area (Å²) in [5.41, 5.74) is 2.62. The minimum Gasteiger partial charge on any atom is -0.481 e. The lowest BCUT2D eigenvalue weighted by Gasteiger charge is -2.06. The predicted molar refractivity (Wildman–Crippen MR) is 86.3 cm³/mol. The molecule has 0 unspecified atom stereocenters. The fraction of sp³-hybridized carbons (Fsp3) is 0.312. The van der Waals surface area contributed by atoms with Crippen molar-refractivity contribution in [2.75, 3.05) is 5.32 Å². The molecule has 0 saturated heterocycles. The molecule has 2 N–H and O–H groups in total. The third-order valence-corrected chi connectivity index (χ3v) is 4.45. The van der Waals surface area contributed by atoms with Crippen molar-refractivity contribution in [3.63, 3.8) is 0 Å². The van der Waals surface area contributed by atoms with Gasteiger partial charge in [-0.3, -0.25) is 9.59 Å². The van der Waals surface area contributed by atoms with Crippen LogP contribution in [0.4, 0.5) is 5.69 Å². The molecule has 22 heavy (non-hydrogen) atoms. The van der Waals surface area contributed by atoms with Crippen LogP contribution < -0.4 is 5.32 Å². The Balaban J connectivity index is 1.98. The number of rotatable bonds is 6. The standard InChI is InChI=1S/C16H18N2O3S/c1-10-5-3-4-6-12(10)18-14(19)9-15-17-11(2)13(22-15)7-8-16(20)21/h3-6H,7-9H2,1-2H3,(H,18,19)(H,20,21). The van der Waals surface area contributed by atoms with Gasteiger partial charge in [0.25, 0.3) is 0 Å². The Bertz CT molecular complexity index is 694. The zero-order valence-electron chi connectivity index (χ0n) is 12.5. The molecular formula is C16H18N2O3S. The molecule has 1 aromatic carbocycles. The van der Waals surface area contributed by atoms with Crippen molar-refractivity contribution in [2.24, 2.45) is 0 Å². The molecule has 1 heterocycles. The van der Waals surface area contributed by atoms with E-state index in [0.29, 0.717) is 11.4 Å². The number of carboxylic acids is 1. The van der Waals surface area contributed by atoms with Gasteiger partial charge < -0.3 is 10.4 Å². The number of nitrogens with one attached hydrogen (secondary N) is 1. The molecule has 0 bridgehead atoms. The molecule has 2 rings (SSSR count). The number of anilines is 1. The van der Waals surface area contributed by atoms with Crippen molar-refractivity contribution in [1.82, 2.24) is 4.98 Å². The van der Waals surface area contributed by atoms with Crippen LogP contribution in [0.2, 0.25) is 0 Å². The van der Waals surface area contributed by atoms with Crippen LogP contribution in [0.5, 0.6) is 0 Å². The van der Waals surface area contributed by atoms with Crippen LogP contribution in [0.25, 0.3) is 0 Å². The molecule has 1 amide bonds. The first-order valence-electron chi connectivity index (χ1n) is 6.98. The number of hydrogen-bond acceptors (Lipinski definition) is 4. The summed E-state index contributed by atoms with van der Waals surface area (Å²) < 4.78 is 0. The maximum Gasteiger partial charge on any atom is 0.303 e. The number of thiazole rings is 1. The Morgan fingerprint density at radius 2 is 2.00 bits per heavy atom. The van der Waals surface area contributed by atoms with Crippen molar-refractivity contribution in [2.45, 2.75) is 33.1 Å². The monoisotopic (exact) mass is 318 g/mol. The molecule has 0 aliphatic rings. The van der Waals surface area contributed by atoms with Gasteiger partial charge in [0.05, 0.1) is 18.5 Å². The summed E-state index contributed by atoms with van der Waals surface area (Å²) in [7, 11) is 0. The van der Waals surface area contributed by atoms with E-state index >= 15 is 0 Å². The van der Waals surface area contributed by atoms with E-state index in [1.165, 1.54) is 11.3 Å². The van der Waals surface area contributed by atoms with Gasteiger partial charge in [-0.2, -0.15) is 0 Å². The highest BCUT2D eigenvalue weighted by atomic mass is 32.1. The van der Waals surface area contributed by atoms with Gasteiger partial charge in [0, 0.05) is 10.6 Å². The number of aryl methyl sites for hydroxylation is 3. The Hall–Kier alpha value is -2.21. The van der Waals surface area contributed by atoms with Crippen molar-refractivity contribution >= 4 is 28.9 Å². The number of hydrogen-bond donors (Lipinski definition) is 2. The molecule has 5 nitrogen and oxygen atoms in total. The lowest BCUT2D eigenvalue weighted by molar-refractivity contribution is -0.136. The maximum atomic E-state index is 12.1. The molecule has 0 fully saturated rings. The number of carbonyl (C=O) groups is 2. The molecule has 1 aromatic heterocycles. The van der Waals surface area contributed by atoms with Gasteiger partial charge in [-0.15, -0.1) is 11.3 Å². The van der Waals surface area contributed by atoms with Crippen LogP contribution in [-0.4, -0.2) is 22.0 Å². The lowest BCUT2D eigenvalue weighted by atomic mass is 10.2. The van der Waals surface area contributed by atoms with E-state index in [9.17, 15) is 9.59 Å². The number of amides is 1. The van der Waals surface area contributed by atoms with Gasteiger partial charge in [0.2, 0.25) is 5.91 Å². The maximum absolute atomic E-state index is 12.1. The van der Waals surface area contributed by atoms with Crippen LogP contribution in [0.15, 0.2) is 24.3 Å². The molecule has 116 valence electrons. The van der Waals surface area contributed by atoms with Gasteiger partial charge in [0.15, 0.2) is 0 Å². The predicted octanol–water partition coefficient (Wildman–Crippen LogP) is 2.96. The summed E-state index contributed by atoms with van der Waals surface area (Å²) in [4.78, 5) is 28.0. The number of para-hydroxylation sites is 1. The lowest BCUT2D eigenvalue weighted by Crippen LogP contribution is -2.14. The van der Waals surface area contributed by atoms with Crippen LogP contribution >= 0.6 is 11.3 Å². The minimum atomic E-state index is -0.827. The van der Waals surface area contributed by atoms with Gasteiger partial charge in [-0.05, 0) is 31.9 Å². The zero-order chi connectivity index (χ0) is 16.1. The summed E-state index contributed by atoms with van der Waals surface area (Å²) in [6.07, 6.45) is 0.739. The van der Waals surface area contributed by atoms with Crippen molar-refractivity contribution in [3.8, 4) is 0 Å². The van der Waals surface area contributed by atoms with Crippen LogP contribution in [-0.2, 0) is 22.4 Å². The highest BCUT2D eigenvalue weighted by molar-refractivity contribution is 7.11. The third-order valence-electron chi connectivity index (χ3n) is 3.23. The van der Waals surface area contributed by atoms with Gasteiger partial charge in [-0.1, -0.05) is 18.2 Å². The molecular weight excluding hydrogens is 300 g/mol. The van der Waals surface area contributed by atoms with Gasteiger partial charge in [0.1, 0.15) is 5.01 Å². The normalized spacial score (nSPS) is 10.5. The van der Waals surface area contributed by atoms with E-state index in [2.05, 4.69) is 10.3 Å². The average molecular weight is 318 g/mol. The molecule has 0 atom stereocenters. The van der Waals surface area contributed by atoms with Crippen molar-refractivity contribution < 1.29 is 14.7 Å². The second kappa shape index (κ2) is 7.17. The highest BCUT2D eigenvalue weighted by Crippen LogP contribution is 2.21. The van der Waals surface area contributed by atoms with Gasteiger partial charge >= 0.3 is 5.97 Å². The Morgan fingerprint density at radius 3 is 2.68 bits per heavy atom. The van der Waals surface area contributed by atoms with E-state index in [1.807, 2.05) is 38.1 Å². The quantitative estimate of drug-likeness (QED) is 0.858. The van der Waals surface area contributed by atoms with E-state index < -0.39 is 5.97 Å². The number of carboxylic acid groups (broad SMARTS) is 1. The number of nitrogens with zero attached hydrogens (tertiary/aromatic N) is 1. The first-order valence-corrected chi connectivity index (χ1v) is 7.80. The molecule has 6 heteroatoms. The van der Waals surface area contributed by atoms with Gasteiger partial charge in [-0.25, -0.2) is 4.98 Å². The van der Waals surface area contributed by atoms with Crippen molar-refractivity contribution in [1.29, 1.82) is 0 Å². The number of aliphatic carboxylic acids is 1. The first kappa shape index (κ1) is 16.2. The van der Waals surface area contributed by atoms with E-state index in [0.717, 1.165) is 21.8 Å². The summed E-state index contributed by atoms with van der Waals surface area (Å²) in [5.74, 6) is -0.945. The molecule has 0 radical (unpaired) electrons. The second-order valence-electron chi connectivity index (χ2n) is 5.05. The third kappa shape index (κ3) is 4.39. The summed E-state index contributed by atoms with van der Waals surface area (Å²) in [6.45, 7) is 3.78. The first-order chi connectivity index (χ1) is 10.5. The summed E-state index contributed by atoms with van der Waals surface area (Å²) >= 11 is 1.41. The molecule has 0 aliphatic carbocycles. The zero-order valence-corrected chi connectivity index (χ0v) is 13.4.